The van der Waals surface area contributed by atoms with Crippen molar-refractivity contribution in [1.82, 2.24) is 9.88 Å². The number of aryl methyl sites for hydroxylation is 1. The van der Waals surface area contributed by atoms with E-state index in [1.807, 2.05) is 6.07 Å². The minimum Gasteiger partial charge on any atom is -0.467 e. The van der Waals surface area contributed by atoms with Gasteiger partial charge in [0.2, 0.25) is 0 Å². The molecule has 0 spiro atoms. The van der Waals surface area contributed by atoms with Gasteiger partial charge in [0.05, 0.1) is 35.9 Å². The number of anilines is 1. The van der Waals surface area contributed by atoms with Gasteiger partial charge >= 0.3 is 0 Å². The van der Waals surface area contributed by atoms with Crippen LogP contribution in [0.15, 0.2) is 35.1 Å². The Kier molecular flexibility index (Phi) is 3.32. The first-order chi connectivity index (χ1) is 8.58. The van der Waals surface area contributed by atoms with Gasteiger partial charge in [-0.2, -0.15) is 0 Å². The molecule has 0 fully saturated rings. The maximum absolute atomic E-state index is 12.2. The second-order valence-electron chi connectivity index (χ2n) is 4.14. The van der Waals surface area contributed by atoms with Gasteiger partial charge in [-0.25, -0.2) is 0 Å². The van der Waals surface area contributed by atoms with E-state index in [2.05, 4.69) is 4.98 Å². The largest absolute Gasteiger partial charge is 0.467 e. The first-order valence-electron chi connectivity index (χ1n) is 5.58. The molecule has 0 atom stereocenters. The van der Waals surface area contributed by atoms with Gasteiger partial charge in [-0.05, 0) is 25.1 Å². The number of amides is 1. The number of nitrogens with zero attached hydrogens (tertiary/aromatic N) is 2. The van der Waals surface area contributed by atoms with Crippen molar-refractivity contribution in [1.29, 1.82) is 0 Å². The Morgan fingerprint density at radius 2 is 2.33 bits per heavy atom. The van der Waals surface area contributed by atoms with Crippen molar-refractivity contribution >= 4 is 11.6 Å². The van der Waals surface area contributed by atoms with Gasteiger partial charge < -0.3 is 15.1 Å². The molecule has 2 heterocycles. The van der Waals surface area contributed by atoms with E-state index < -0.39 is 0 Å². The minimum atomic E-state index is -0.122. The predicted octanol–water partition coefficient (Wildman–Crippen LogP) is 1.84. The molecule has 18 heavy (non-hydrogen) atoms. The van der Waals surface area contributed by atoms with Gasteiger partial charge in [-0.15, -0.1) is 0 Å². The number of hydrogen-bond acceptors (Lipinski definition) is 4. The lowest BCUT2D eigenvalue weighted by molar-refractivity contribution is 0.0774. The van der Waals surface area contributed by atoms with Crippen molar-refractivity contribution in [2.75, 3.05) is 12.8 Å². The number of carbonyl (C=O) groups is 1. The van der Waals surface area contributed by atoms with E-state index in [-0.39, 0.29) is 5.91 Å². The van der Waals surface area contributed by atoms with Gasteiger partial charge in [0.25, 0.3) is 5.91 Å². The van der Waals surface area contributed by atoms with Gasteiger partial charge in [0.15, 0.2) is 0 Å². The minimum absolute atomic E-state index is 0.122. The number of hydrogen-bond donors (Lipinski definition) is 1. The average molecular weight is 245 g/mol. The third kappa shape index (κ3) is 2.51. The highest BCUT2D eigenvalue weighted by atomic mass is 16.3. The van der Waals surface area contributed by atoms with E-state index in [0.29, 0.717) is 23.5 Å². The number of furan rings is 1. The van der Waals surface area contributed by atoms with Crippen LogP contribution in [0, 0.1) is 6.92 Å². The van der Waals surface area contributed by atoms with Gasteiger partial charge in [-0.3, -0.25) is 9.78 Å². The summed E-state index contributed by atoms with van der Waals surface area (Å²) in [4.78, 5) is 17.9. The lowest BCUT2D eigenvalue weighted by Gasteiger charge is -2.16. The van der Waals surface area contributed by atoms with Crippen LogP contribution in [0.2, 0.25) is 0 Å². The summed E-state index contributed by atoms with van der Waals surface area (Å²) in [5, 5.41) is 0. The molecule has 0 aliphatic heterocycles. The fourth-order valence-electron chi connectivity index (χ4n) is 1.68. The molecule has 0 aliphatic carbocycles. The lowest BCUT2D eigenvalue weighted by Crippen LogP contribution is -2.27. The van der Waals surface area contributed by atoms with Crippen molar-refractivity contribution in [3.8, 4) is 0 Å². The third-order valence-electron chi connectivity index (χ3n) is 2.66. The van der Waals surface area contributed by atoms with Crippen molar-refractivity contribution in [3.05, 3.63) is 47.7 Å². The van der Waals surface area contributed by atoms with Crippen LogP contribution in [0.4, 0.5) is 5.69 Å². The zero-order chi connectivity index (χ0) is 13.1. The summed E-state index contributed by atoms with van der Waals surface area (Å²) in [6.07, 6.45) is 3.12. The topological polar surface area (TPSA) is 72.4 Å². The van der Waals surface area contributed by atoms with E-state index in [0.717, 1.165) is 5.76 Å². The van der Waals surface area contributed by atoms with Crippen LogP contribution < -0.4 is 5.73 Å². The van der Waals surface area contributed by atoms with E-state index in [1.54, 1.807) is 43.5 Å². The Morgan fingerprint density at radius 3 is 3.00 bits per heavy atom. The molecule has 5 heteroatoms. The molecule has 5 nitrogen and oxygen atoms in total. The SMILES string of the molecule is Cc1ncc(N)cc1C(=O)N(C)Cc1ccco1. The summed E-state index contributed by atoms with van der Waals surface area (Å²) < 4.78 is 5.21. The zero-order valence-electron chi connectivity index (χ0n) is 10.4. The second kappa shape index (κ2) is 4.91. The lowest BCUT2D eigenvalue weighted by atomic mass is 10.1. The van der Waals surface area contributed by atoms with Crippen LogP contribution in [0.5, 0.6) is 0 Å². The maximum atomic E-state index is 12.2. The summed E-state index contributed by atoms with van der Waals surface area (Å²) in [5.41, 5.74) is 7.32. The molecule has 2 rings (SSSR count). The Hall–Kier alpha value is -2.30. The Balaban J connectivity index is 2.17. The molecule has 94 valence electrons. The van der Waals surface area contributed by atoms with E-state index >= 15 is 0 Å². The van der Waals surface area contributed by atoms with Crippen LogP contribution in [-0.2, 0) is 6.54 Å². The third-order valence-corrected chi connectivity index (χ3v) is 2.66. The number of pyridine rings is 1. The molecule has 2 aromatic rings. The number of nitrogens with two attached hydrogens (primary N) is 1. The van der Waals surface area contributed by atoms with Crippen molar-refractivity contribution in [2.45, 2.75) is 13.5 Å². The Morgan fingerprint density at radius 1 is 1.56 bits per heavy atom. The van der Waals surface area contributed by atoms with Crippen LogP contribution >= 0.6 is 0 Å². The maximum Gasteiger partial charge on any atom is 0.255 e. The smallest absolute Gasteiger partial charge is 0.255 e. The zero-order valence-corrected chi connectivity index (χ0v) is 10.4. The number of carbonyl (C=O) groups excluding carboxylic acids is 1. The Bertz CT molecular complexity index is 549. The highest BCUT2D eigenvalue weighted by Crippen LogP contribution is 2.13. The summed E-state index contributed by atoms with van der Waals surface area (Å²) >= 11 is 0. The first kappa shape index (κ1) is 12.2. The molecule has 1 amide bonds. The standard InChI is InChI=1S/C13H15N3O2/c1-9-12(6-10(14)7-15-9)13(17)16(2)8-11-4-3-5-18-11/h3-7H,8,14H2,1-2H3. The fraction of sp³-hybridized carbons (Fsp3) is 0.231. The predicted molar refractivity (Wildman–Crippen MR) is 67.9 cm³/mol. The number of rotatable bonds is 3. The van der Waals surface area contributed by atoms with Crippen LogP contribution in [-0.4, -0.2) is 22.8 Å². The van der Waals surface area contributed by atoms with Gasteiger partial charge in [-0.1, -0.05) is 0 Å². The van der Waals surface area contributed by atoms with Gasteiger partial charge in [0.1, 0.15) is 5.76 Å². The van der Waals surface area contributed by atoms with E-state index in [4.69, 9.17) is 10.2 Å². The van der Waals surface area contributed by atoms with E-state index in [1.165, 1.54) is 0 Å². The first-order valence-corrected chi connectivity index (χ1v) is 5.58. The van der Waals surface area contributed by atoms with Crippen LogP contribution in [0.25, 0.3) is 0 Å². The number of nitrogen functional groups attached to an aromatic ring is 1. The summed E-state index contributed by atoms with van der Waals surface area (Å²) in [6, 6.07) is 5.26. The molecule has 2 aromatic heterocycles. The summed E-state index contributed by atoms with van der Waals surface area (Å²) in [7, 11) is 1.72. The van der Waals surface area contributed by atoms with Crippen LogP contribution in [0.1, 0.15) is 21.8 Å². The van der Waals surface area contributed by atoms with Crippen molar-refractivity contribution in [2.24, 2.45) is 0 Å². The Labute approximate surface area is 105 Å². The van der Waals surface area contributed by atoms with Crippen LogP contribution in [0.3, 0.4) is 0 Å². The highest BCUT2D eigenvalue weighted by Gasteiger charge is 2.16. The average Bonchev–Trinajstić information content (AvgIpc) is 2.84. The molecule has 2 N–H and O–H groups in total. The molecule has 0 saturated carbocycles. The quantitative estimate of drug-likeness (QED) is 0.895. The second-order valence-corrected chi connectivity index (χ2v) is 4.14. The molecular weight excluding hydrogens is 230 g/mol. The van der Waals surface area contributed by atoms with Gasteiger partial charge in [0, 0.05) is 7.05 Å². The molecule has 0 saturated heterocycles. The molecule has 0 bridgehead atoms. The summed E-state index contributed by atoms with van der Waals surface area (Å²) in [6.45, 7) is 2.20. The molecular formula is C13H15N3O2. The summed E-state index contributed by atoms with van der Waals surface area (Å²) in [5.74, 6) is 0.615. The number of aromatic nitrogens is 1. The fourth-order valence-corrected chi connectivity index (χ4v) is 1.68. The van der Waals surface area contributed by atoms with Crippen molar-refractivity contribution < 1.29 is 9.21 Å². The van der Waals surface area contributed by atoms with Crippen molar-refractivity contribution in [3.63, 3.8) is 0 Å². The molecule has 0 aromatic carbocycles. The van der Waals surface area contributed by atoms with E-state index in [9.17, 15) is 4.79 Å². The highest BCUT2D eigenvalue weighted by molar-refractivity contribution is 5.95. The molecule has 0 unspecified atom stereocenters. The normalized spacial score (nSPS) is 10.3. The molecule has 0 aliphatic rings. The monoisotopic (exact) mass is 245 g/mol. The molecule has 0 radical (unpaired) electrons.